The van der Waals surface area contributed by atoms with E-state index in [9.17, 15) is 0 Å². The molecule has 0 saturated heterocycles. The van der Waals surface area contributed by atoms with Gasteiger partial charge >= 0.3 is 0 Å². The Balaban J connectivity index is 2.33. The van der Waals surface area contributed by atoms with Crippen molar-refractivity contribution in [1.82, 2.24) is 4.98 Å². The highest BCUT2D eigenvalue weighted by molar-refractivity contribution is 9.11. The molecule has 0 spiro atoms. The van der Waals surface area contributed by atoms with Crippen LogP contribution in [0.15, 0.2) is 28.1 Å². The first kappa shape index (κ1) is 12.5. The number of hydrogen-bond acceptors (Lipinski definition) is 4. The third-order valence-corrected chi connectivity index (χ3v) is 4.35. The maximum atomic E-state index is 5.61. The number of thiazole rings is 1. The zero-order chi connectivity index (χ0) is 12.4. The Kier molecular flexibility index (Phi) is 3.81. The van der Waals surface area contributed by atoms with Gasteiger partial charge in [0.1, 0.15) is 5.01 Å². The number of nitrogens with two attached hydrogens (primary N) is 1. The molecule has 0 radical (unpaired) electrons. The van der Waals surface area contributed by atoms with Crippen molar-refractivity contribution in [2.75, 3.05) is 19.0 Å². The van der Waals surface area contributed by atoms with Crippen LogP contribution in [-0.4, -0.2) is 19.1 Å². The van der Waals surface area contributed by atoms with Crippen LogP contribution in [0.5, 0.6) is 0 Å². The lowest BCUT2D eigenvalue weighted by Gasteiger charge is -2.11. The van der Waals surface area contributed by atoms with Gasteiger partial charge < -0.3 is 10.6 Å². The molecule has 0 unspecified atom stereocenters. The van der Waals surface area contributed by atoms with Crippen LogP contribution in [0.2, 0.25) is 0 Å². The largest absolute Gasteiger partial charge is 0.378 e. The van der Waals surface area contributed by atoms with Crippen LogP contribution < -0.4 is 10.6 Å². The summed E-state index contributed by atoms with van der Waals surface area (Å²) in [6.45, 7) is 0.465. The lowest BCUT2D eigenvalue weighted by molar-refractivity contribution is 1.01. The number of hydrogen-bond donors (Lipinski definition) is 1. The molecule has 0 aliphatic rings. The van der Waals surface area contributed by atoms with Crippen molar-refractivity contribution in [2.45, 2.75) is 6.54 Å². The molecule has 1 aromatic carbocycles. The number of halogens is 1. The van der Waals surface area contributed by atoms with Crippen molar-refractivity contribution >= 4 is 33.0 Å². The van der Waals surface area contributed by atoms with Crippen molar-refractivity contribution in [2.24, 2.45) is 5.73 Å². The average Bonchev–Trinajstić information content (AvgIpc) is 2.70. The van der Waals surface area contributed by atoms with E-state index in [0.29, 0.717) is 6.54 Å². The Morgan fingerprint density at radius 3 is 2.41 bits per heavy atom. The summed E-state index contributed by atoms with van der Waals surface area (Å²) in [6.07, 6.45) is 0. The Bertz CT molecular complexity index is 505. The van der Waals surface area contributed by atoms with Crippen molar-refractivity contribution in [3.05, 3.63) is 33.7 Å². The second-order valence-corrected chi connectivity index (χ2v) is 6.20. The summed E-state index contributed by atoms with van der Waals surface area (Å²) in [5.74, 6) is 0. The van der Waals surface area contributed by atoms with Crippen LogP contribution in [0, 0.1) is 0 Å². The highest BCUT2D eigenvalue weighted by atomic mass is 79.9. The second-order valence-electron chi connectivity index (χ2n) is 3.88. The Morgan fingerprint density at radius 1 is 1.29 bits per heavy atom. The van der Waals surface area contributed by atoms with E-state index in [1.807, 2.05) is 14.1 Å². The first-order valence-corrected chi connectivity index (χ1v) is 6.86. The molecular weight excluding hydrogens is 298 g/mol. The standard InChI is InChI=1S/C12H14BrN3S/c1-16(2)9-5-3-8(4-6-9)12-15-10(7-14)11(13)17-12/h3-6H,7,14H2,1-2H3. The smallest absolute Gasteiger partial charge is 0.124 e. The summed E-state index contributed by atoms with van der Waals surface area (Å²) >= 11 is 5.10. The highest BCUT2D eigenvalue weighted by Crippen LogP contribution is 2.32. The van der Waals surface area contributed by atoms with Gasteiger partial charge in [-0.15, -0.1) is 11.3 Å². The first-order chi connectivity index (χ1) is 8.11. The van der Waals surface area contributed by atoms with Crippen LogP contribution in [0.3, 0.4) is 0 Å². The van der Waals surface area contributed by atoms with Crippen LogP contribution in [0.25, 0.3) is 10.6 Å². The Labute approximate surface area is 113 Å². The fourth-order valence-electron chi connectivity index (χ4n) is 1.48. The second kappa shape index (κ2) is 5.16. The molecule has 90 valence electrons. The summed E-state index contributed by atoms with van der Waals surface area (Å²) < 4.78 is 1.02. The van der Waals surface area contributed by atoms with Crippen LogP contribution in [0.4, 0.5) is 5.69 Å². The van der Waals surface area contributed by atoms with E-state index < -0.39 is 0 Å². The quantitative estimate of drug-likeness (QED) is 0.947. The fourth-order valence-corrected chi connectivity index (χ4v) is 3.02. The number of benzene rings is 1. The molecule has 1 heterocycles. The topological polar surface area (TPSA) is 42.2 Å². The van der Waals surface area contributed by atoms with Crippen molar-refractivity contribution < 1.29 is 0 Å². The number of nitrogens with zero attached hydrogens (tertiary/aromatic N) is 2. The molecule has 0 saturated carbocycles. The average molecular weight is 312 g/mol. The monoisotopic (exact) mass is 311 g/mol. The Hall–Kier alpha value is -0.910. The lowest BCUT2D eigenvalue weighted by Crippen LogP contribution is -2.07. The molecular formula is C12H14BrN3S. The minimum atomic E-state index is 0.465. The van der Waals surface area contributed by atoms with E-state index in [1.165, 1.54) is 5.69 Å². The molecule has 2 aromatic rings. The molecule has 2 rings (SSSR count). The van der Waals surface area contributed by atoms with Gasteiger partial charge in [0.15, 0.2) is 0 Å². The molecule has 5 heteroatoms. The van der Waals surface area contributed by atoms with Crippen LogP contribution in [-0.2, 0) is 6.54 Å². The van der Waals surface area contributed by atoms with E-state index in [4.69, 9.17) is 5.73 Å². The maximum Gasteiger partial charge on any atom is 0.124 e. The normalized spacial score (nSPS) is 10.6. The minimum Gasteiger partial charge on any atom is -0.378 e. The third-order valence-electron chi connectivity index (χ3n) is 2.47. The van der Waals surface area contributed by atoms with Crippen molar-refractivity contribution in [3.63, 3.8) is 0 Å². The van der Waals surface area contributed by atoms with E-state index in [2.05, 4.69) is 50.1 Å². The van der Waals surface area contributed by atoms with Gasteiger partial charge in [-0.05, 0) is 40.2 Å². The molecule has 0 amide bonds. The predicted octanol–water partition coefficient (Wildman–Crippen LogP) is 3.10. The lowest BCUT2D eigenvalue weighted by atomic mass is 10.2. The molecule has 0 aliphatic carbocycles. The summed E-state index contributed by atoms with van der Waals surface area (Å²) in [7, 11) is 4.06. The zero-order valence-electron chi connectivity index (χ0n) is 9.77. The molecule has 0 aliphatic heterocycles. The molecule has 3 nitrogen and oxygen atoms in total. The molecule has 0 atom stereocenters. The van der Waals surface area contributed by atoms with E-state index in [1.54, 1.807) is 11.3 Å². The molecule has 0 fully saturated rings. The molecule has 2 N–H and O–H groups in total. The van der Waals surface area contributed by atoms with E-state index in [-0.39, 0.29) is 0 Å². The molecule has 17 heavy (non-hydrogen) atoms. The van der Waals surface area contributed by atoms with Crippen molar-refractivity contribution in [1.29, 1.82) is 0 Å². The van der Waals surface area contributed by atoms with Crippen molar-refractivity contribution in [3.8, 4) is 10.6 Å². The van der Waals surface area contributed by atoms with Gasteiger partial charge in [0.2, 0.25) is 0 Å². The summed E-state index contributed by atoms with van der Waals surface area (Å²) in [5.41, 5.74) is 8.84. The van der Waals surface area contributed by atoms with E-state index >= 15 is 0 Å². The number of anilines is 1. The Morgan fingerprint density at radius 2 is 1.94 bits per heavy atom. The number of aromatic nitrogens is 1. The highest BCUT2D eigenvalue weighted by Gasteiger charge is 2.09. The van der Waals surface area contributed by atoms with E-state index in [0.717, 1.165) is 20.1 Å². The van der Waals surface area contributed by atoms with Gasteiger partial charge in [-0.1, -0.05) is 0 Å². The maximum absolute atomic E-state index is 5.61. The fraction of sp³-hybridized carbons (Fsp3) is 0.250. The van der Waals surface area contributed by atoms with Crippen LogP contribution in [0.1, 0.15) is 5.69 Å². The summed E-state index contributed by atoms with van der Waals surface area (Å²) in [6, 6.07) is 8.35. The third kappa shape index (κ3) is 2.68. The summed E-state index contributed by atoms with van der Waals surface area (Å²) in [5, 5.41) is 1.00. The van der Waals surface area contributed by atoms with Gasteiger partial charge in [-0.25, -0.2) is 4.98 Å². The van der Waals surface area contributed by atoms with Gasteiger partial charge in [-0.2, -0.15) is 0 Å². The minimum absolute atomic E-state index is 0.465. The van der Waals surface area contributed by atoms with Gasteiger partial charge in [0.25, 0.3) is 0 Å². The predicted molar refractivity (Wildman–Crippen MR) is 77.5 cm³/mol. The molecule has 1 aromatic heterocycles. The van der Waals surface area contributed by atoms with Gasteiger partial charge in [-0.3, -0.25) is 0 Å². The first-order valence-electron chi connectivity index (χ1n) is 5.25. The van der Waals surface area contributed by atoms with Gasteiger partial charge in [0, 0.05) is 31.9 Å². The SMILES string of the molecule is CN(C)c1ccc(-c2nc(CN)c(Br)s2)cc1. The zero-order valence-corrected chi connectivity index (χ0v) is 12.2. The number of rotatable bonds is 3. The molecule has 0 bridgehead atoms. The summed E-state index contributed by atoms with van der Waals surface area (Å²) in [4.78, 5) is 6.58. The van der Waals surface area contributed by atoms with Crippen LogP contribution >= 0.6 is 27.3 Å². The van der Waals surface area contributed by atoms with Gasteiger partial charge in [0.05, 0.1) is 9.48 Å².